The summed E-state index contributed by atoms with van der Waals surface area (Å²) in [6, 6.07) is 10.3. The molecule has 1 aliphatic heterocycles. The number of nitrogens with one attached hydrogen (secondary N) is 1. The number of fused-ring (bicyclic) bond motifs is 1. The first-order chi connectivity index (χ1) is 18.9. The van der Waals surface area contributed by atoms with Crippen molar-refractivity contribution in [1.82, 2.24) is 24.4 Å². The second-order valence-corrected chi connectivity index (χ2v) is 10.7. The van der Waals surface area contributed by atoms with Crippen LogP contribution in [0.25, 0.3) is 10.9 Å². The minimum atomic E-state index is -0.196. The highest BCUT2D eigenvalue weighted by Gasteiger charge is 2.29. The van der Waals surface area contributed by atoms with Gasteiger partial charge in [-0.3, -0.25) is 14.5 Å². The Morgan fingerprint density at radius 1 is 1.15 bits per heavy atom. The van der Waals surface area contributed by atoms with E-state index in [0.29, 0.717) is 23.7 Å². The molecule has 1 aliphatic rings. The maximum absolute atomic E-state index is 13.7. The van der Waals surface area contributed by atoms with Gasteiger partial charge in [-0.1, -0.05) is 18.2 Å². The lowest BCUT2D eigenvalue weighted by Gasteiger charge is -2.36. The Bertz CT molecular complexity index is 1520. The number of aryl methyl sites for hydroxylation is 1. The number of ether oxygens (including phenoxy) is 1. The normalized spacial score (nSPS) is 15.5. The van der Waals surface area contributed by atoms with Gasteiger partial charge in [-0.15, -0.1) is 0 Å². The van der Waals surface area contributed by atoms with Crippen molar-refractivity contribution in [2.24, 2.45) is 5.92 Å². The molecule has 1 aromatic carbocycles. The molecular weight excluding hydrogens is 490 g/mol. The van der Waals surface area contributed by atoms with Gasteiger partial charge in [0.05, 0.1) is 12.7 Å². The summed E-state index contributed by atoms with van der Waals surface area (Å²) in [5.41, 5.74) is 5.06. The van der Waals surface area contributed by atoms with E-state index in [-0.39, 0.29) is 23.8 Å². The van der Waals surface area contributed by atoms with E-state index in [9.17, 15) is 9.59 Å². The summed E-state index contributed by atoms with van der Waals surface area (Å²) >= 11 is 0. The zero-order chi connectivity index (χ0) is 27.5. The number of piperidine rings is 1. The smallest absolute Gasteiger partial charge is 0.255 e. The molecule has 8 nitrogen and oxygen atoms in total. The van der Waals surface area contributed by atoms with Gasteiger partial charge in [0.2, 0.25) is 0 Å². The predicted octanol–water partition coefficient (Wildman–Crippen LogP) is 5.03. The molecule has 1 N–H and O–H groups in total. The van der Waals surface area contributed by atoms with E-state index < -0.39 is 0 Å². The van der Waals surface area contributed by atoms with E-state index in [1.54, 1.807) is 19.5 Å². The lowest BCUT2D eigenvalue weighted by molar-refractivity contribution is 0.0983. The van der Waals surface area contributed by atoms with Gasteiger partial charge in [0.15, 0.2) is 5.78 Å². The monoisotopic (exact) mass is 527 g/mol. The van der Waals surface area contributed by atoms with E-state index in [2.05, 4.69) is 44.3 Å². The van der Waals surface area contributed by atoms with Gasteiger partial charge < -0.3 is 14.3 Å². The molecule has 1 fully saturated rings. The lowest BCUT2D eigenvalue weighted by atomic mass is 9.89. The molecule has 0 radical (unpaired) electrons. The molecule has 0 unspecified atom stereocenters. The standard InChI is InChI=1S/C31H37N5O3/c1-20-15-29(39-4)26(31(38)34-20)9-10-28(37)30-22(3)36(27-8-6-5-7-25(27)30)21(2)24-11-13-35(14-12-24)18-23-16-32-19-33-17-23/h5-8,15-17,19,21,24H,9-14,18H2,1-4H3,(H,34,38)/t21-/m1/s1. The third-order valence-corrected chi connectivity index (χ3v) is 8.23. The highest BCUT2D eigenvalue weighted by molar-refractivity contribution is 6.09. The van der Waals surface area contributed by atoms with E-state index in [1.807, 2.05) is 37.5 Å². The number of Topliss-reactive ketones (excluding diaryl/α,β-unsaturated/α-hetero) is 1. The molecule has 0 spiro atoms. The van der Waals surface area contributed by atoms with Crippen molar-refractivity contribution in [2.75, 3.05) is 20.2 Å². The van der Waals surface area contributed by atoms with Crippen LogP contribution < -0.4 is 10.3 Å². The van der Waals surface area contributed by atoms with Gasteiger partial charge in [0.1, 0.15) is 12.1 Å². The number of likely N-dealkylation sites (tertiary alicyclic amines) is 1. The number of hydrogen-bond acceptors (Lipinski definition) is 6. The number of aromatic nitrogens is 4. The van der Waals surface area contributed by atoms with E-state index in [1.165, 1.54) is 0 Å². The van der Waals surface area contributed by atoms with Gasteiger partial charge in [-0.25, -0.2) is 9.97 Å². The maximum atomic E-state index is 13.7. The van der Waals surface area contributed by atoms with Gasteiger partial charge in [0.25, 0.3) is 5.56 Å². The second-order valence-electron chi connectivity index (χ2n) is 10.7. The zero-order valence-corrected chi connectivity index (χ0v) is 23.2. The van der Waals surface area contributed by atoms with E-state index in [0.717, 1.165) is 65.9 Å². The van der Waals surface area contributed by atoms with Gasteiger partial charge in [-0.05, 0) is 71.2 Å². The maximum Gasteiger partial charge on any atom is 0.255 e. The first-order valence-electron chi connectivity index (χ1n) is 13.7. The highest BCUT2D eigenvalue weighted by atomic mass is 16.5. The van der Waals surface area contributed by atoms with Crippen molar-refractivity contribution in [2.45, 2.75) is 59.0 Å². The lowest BCUT2D eigenvalue weighted by Crippen LogP contribution is -2.36. The molecule has 4 aromatic rings. The summed E-state index contributed by atoms with van der Waals surface area (Å²) in [5, 5.41) is 0.984. The van der Waals surface area contributed by atoms with Crippen molar-refractivity contribution >= 4 is 16.7 Å². The molecule has 0 saturated carbocycles. The largest absolute Gasteiger partial charge is 0.496 e. The average Bonchev–Trinajstić information content (AvgIpc) is 3.24. The van der Waals surface area contributed by atoms with Crippen LogP contribution >= 0.6 is 0 Å². The van der Waals surface area contributed by atoms with Crippen LogP contribution in [0.2, 0.25) is 0 Å². The van der Waals surface area contributed by atoms with Gasteiger partial charge >= 0.3 is 0 Å². The van der Waals surface area contributed by atoms with Crippen LogP contribution in [0.3, 0.4) is 0 Å². The molecule has 0 aliphatic carbocycles. The van der Waals surface area contributed by atoms with Crippen LogP contribution in [0.5, 0.6) is 5.75 Å². The van der Waals surface area contributed by atoms with Gasteiger partial charge in [-0.2, -0.15) is 0 Å². The second kappa shape index (κ2) is 11.5. The van der Waals surface area contributed by atoms with Crippen LogP contribution in [0.15, 0.2) is 53.8 Å². The topological polar surface area (TPSA) is 93.1 Å². The molecular formula is C31H37N5O3. The van der Waals surface area contributed by atoms with Crippen LogP contribution in [0.1, 0.15) is 65.1 Å². The first-order valence-corrected chi connectivity index (χ1v) is 13.7. The summed E-state index contributed by atoms with van der Waals surface area (Å²) in [6.45, 7) is 9.10. The summed E-state index contributed by atoms with van der Waals surface area (Å²) in [6.07, 6.45) is 8.12. The fourth-order valence-electron chi connectivity index (χ4n) is 6.21. The minimum Gasteiger partial charge on any atom is -0.496 e. The number of pyridine rings is 1. The number of hydrogen-bond donors (Lipinski definition) is 1. The summed E-state index contributed by atoms with van der Waals surface area (Å²) < 4.78 is 7.81. The summed E-state index contributed by atoms with van der Waals surface area (Å²) in [4.78, 5) is 39.8. The molecule has 0 amide bonds. The highest BCUT2D eigenvalue weighted by Crippen LogP contribution is 2.36. The number of aromatic amines is 1. The Labute approximate surface area is 229 Å². The number of carbonyl (C=O) groups excluding carboxylic acids is 1. The van der Waals surface area contributed by atoms with Crippen molar-refractivity contribution < 1.29 is 9.53 Å². The number of para-hydroxylation sites is 1. The first kappa shape index (κ1) is 26.8. The van der Waals surface area contributed by atoms with Crippen LogP contribution in [-0.4, -0.2) is 50.4 Å². The van der Waals surface area contributed by atoms with Crippen LogP contribution in [0.4, 0.5) is 0 Å². The molecule has 8 heteroatoms. The third-order valence-electron chi connectivity index (χ3n) is 8.23. The number of methoxy groups -OCH3 is 1. The quantitative estimate of drug-likeness (QED) is 0.307. The van der Waals surface area contributed by atoms with E-state index in [4.69, 9.17) is 4.74 Å². The fraction of sp³-hybridized carbons (Fsp3) is 0.419. The summed E-state index contributed by atoms with van der Waals surface area (Å²) in [7, 11) is 1.55. The Morgan fingerprint density at radius 2 is 1.87 bits per heavy atom. The summed E-state index contributed by atoms with van der Waals surface area (Å²) in [5.74, 6) is 1.10. The number of carbonyl (C=O) groups is 1. The Kier molecular flexibility index (Phi) is 7.93. The number of nitrogens with zero attached hydrogens (tertiary/aromatic N) is 4. The Balaban J connectivity index is 1.35. The van der Waals surface area contributed by atoms with Crippen molar-refractivity contribution in [3.8, 4) is 5.75 Å². The molecule has 3 aromatic heterocycles. The molecule has 4 heterocycles. The number of ketones is 1. The molecule has 1 saturated heterocycles. The third kappa shape index (κ3) is 5.52. The molecule has 204 valence electrons. The SMILES string of the molecule is COc1cc(C)[nH]c(=O)c1CCC(=O)c1c(C)n([C@H](C)C2CCN(Cc3cncnc3)CC2)c2ccccc12. The number of rotatable bonds is 9. The minimum absolute atomic E-state index is 0.0524. The van der Waals surface area contributed by atoms with E-state index >= 15 is 0 Å². The zero-order valence-electron chi connectivity index (χ0n) is 23.2. The predicted molar refractivity (Wildman–Crippen MR) is 152 cm³/mol. The Hall–Kier alpha value is -3.78. The molecule has 1 atom stereocenters. The number of H-pyrrole nitrogens is 1. The van der Waals surface area contributed by atoms with Crippen molar-refractivity contribution in [3.05, 3.63) is 87.5 Å². The molecule has 39 heavy (non-hydrogen) atoms. The van der Waals surface area contributed by atoms with Crippen molar-refractivity contribution in [1.29, 1.82) is 0 Å². The molecule has 0 bridgehead atoms. The van der Waals surface area contributed by atoms with Crippen LogP contribution in [0, 0.1) is 19.8 Å². The number of benzene rings is 1. The Morgan fingerprint density at radius 3 is 2.59 bits per heavy atom. The fourth-order valence-corrected chi connectivity index (χ4v) is 6.21. The van der Waals surface area contributed by atoms with Gasteiger partial charge in [0, 0.05) is 64.8 Å². The van der Waals surface area contributed by atoms with Crippen molar-refractivity contribution in [3.63, 3.8) is 0 Å². The molecule has 5 rings (SSSR count). The average molecular weight is 528 g/mol. The van der Waals surface area contributed by atoms with Crippen LogP contribution in [-0.2, 0) is 13.0 Å².